The van der Waals surface area contributed by atoms with Crippen LogP contribution in [0, 0.1) is 5.92 Å². The summed E-state index contributed by atoms with van der Waals surface area (Å²) in [6, 6.07) is 0. The van der Waals surface area contributed by atoms with Crippen LogP contribution in [0.15, 0.2) is 36.0 Å². The summed E-state index contributed by atoms with van der Waals surface area (Å²) in [5.41, 5.74) is 1.13. The molecule has 0 bridgehead atoms. The molecule has 0 aromatic heterocycles. The van der Waals surface area contributed by atoms with Gasteiger partial charge in [-0.2, -0.15) is 0 Å². The highest BCUT2D eigenvalue weighted by molar-refractivity contribution is 5.92. The molecule has 0 spiro atoms. The Bertz CT molecular complexity index is 244. The summed E-state index contributed by atoms with van der Waals surface area (Å²) < 4.78 is 0. The Morgan fingerprint density at radius 3 is 2.15 bits per heavy atom. The Balaban J connectivity index is 4.36. The number of rotatable bonds is 4. The normalized spacial score (nSPS) is 15.5. The number of hydrogen-bond acceptors (Lipinski definition) is 1. The van der Waals surface area contributed by atoms with E-state index < -0.39 is 0 Å². The molecule has 0 aromatic rings. The Morgan fingerprint density at radius 1 is 1.15 bits per heavy atom. The fourth-order valence-electron chi connectivity index (χ4n) is 1.11. The molecule has 0 rings (SSSR count). The molecule has 0 amide bonds. The molecule has 0 saturated carbocycles. The van der Waals surface area contributed by atoms with Crippen LogP contribution in [0.1, 0.15) is 27.7 Å². The lowest BCUT2D eigenvalue weighted by molar-refractivity contribution is -0.116. The first-order chi connectivity index (χ1) is 6.11. The lowest BCUT2D eigenvalue weighted by atomic mass is 10.0. The van der Waals surface area contributed by atoms with Gasteiger partial charge in [0.05, 0.1) is 0 Å². The first-order valence-electron chi connectivity index (χ1n) is 4.59. The Morgan fingerprint density at radius 2 is 1.69 bits per heavy atom. The predicted molar refractivity (Wildman–Crippen MR) is 57.6 cm³/mol. The van der Waals surface area contributed by atoms with Gasteiger partial charge in [-0.25, -0.2) is 0 Å². The molecule has 0 fully saturated rings. The van der Waals surface area contributed by atoms with Gasteiger partial charge < -0.3 is 0 Å². The molecule has 1 heteroatoms. The van der Waals surface area contributed by atoms with Crippen molar-refractivity contribution in [3.8, 4) is 0 Å². The van der Waals surface area contributed by atoms with Crippen LogP contribution >= 0.6 is 0 Å². The van der Waals surface area contributed by atoms with E-state index in [2.05, 4.69) is 0 Å². The molecule has 0 saturated heterocycles. The maximum absolute atomic E-state index is 11.3. The van der Waals surface area contributed by atoms with E-state index in [0.717, 1.165) is 5.57 Å². The molecular weight excluding hydrogens is 160 g/mol. The maximum Gasteiger partial charge on any atom is 0.161 e. The van der Waals surface area contributed by atoms with Gasteiger partial charge >= 0.3 is 0 Å². The third-order valence-electron chi connectivity index (χ3n) is 1.72. The van der Waals surface area contributed by atoms with Crippen LogP contribution in [-0.4, -0.2) is 5.78 Å². The molecule has 0 radical (unpaired) electrons. The van der Waals surface area contributed by atoms with Crippen LogP contribution in [0.3, 0.4) is 0 Å². The molecule has 0 aliphatic rings. The number of allylic oxidation sites excluding steroid dienone is 6. The molecule has 1 unspecified atom stereocenters. The molecule has 72 valence electrons. The Hall–Kier alpha value is -1.11. The van der Waals surface area contributed by atoms with Crippen molar-refractivity contribution in [3.63, 3.8) is 0 Å². The first kappa shape index (κ1) is 11.9. The van der Waals surface area contributed by atoms with Crippen molar-refractivity contribution in [2.45, 2.75) is 27.7 Å². The van der Waals surface area contributed by atoms with Crippen molar-refractivity contribution in [2.24, 2.45) is 5.92 Å². The third-order valence-corrected chi connectivity index (χ3v) is 1.72. The summed E-state index contributed by atoms with van der Waals surface area (Å²) in [6.45, 7) is 7.73. The van der Waals surface area contributed by atoms with Crippen molar-refractivity contribution in [1.29, 1.82) is 0 Å². The largest absolute Gasteiger partial charge is 0.294 e. The highest BCUT2D eigenvalue weighted by Crippen LogP contribution is 2.06. The van der Waals surface area contributed by atoms with E-state index in [1.54, 1.807) is 12.2 Å². The summed E-state index contributed by atoms with van der Waals surface area (Å²) in [4.78, 5) is 11.3. The van der Waals surface area contributed by atoms with Gasteiger partial charge in [-0.3, -0.25) is 4.79 Å². The van der Waals surface area contributed by atoms with Gasteiger partial charge in [0.1, 0.15) is 0 Å². The van der Waals surface area contributed by atoms with Crippen LogP contribution in [0.2, 0.25) is 0 Å². The van der Waals surface area contributed by atoms with Gasteiger partial charge in [-0.05, 0) is 26.8 Å². The van der Waals surface area contributed by atoms with Crippen molar-refractivity contribution in [1.82, 2.24) is 0 Å². The number of carbonyl (C=O) groups is 1. The highest BCUT2D eigenvalue weighted by atomic mass is 16.1. The van der Waals surface area contributed by atoms with Crippen molar-refractivity contribution in [3.05, 3.63) is 36.0 Å². The number of ketones is 1. The van der Waals surface area contributed by atoms with Crippen LogP contribution in [-0.2, 0) is 4.79 Å². The fourth-order valence-corrected chi connectivity index (χ4v) is 1.11. The predicted octanol–water partition coefficient (Wildman–Crippen LogP) is 3.29. The van der Waals surface area contributed by atoms with E-state index in [1.165, 1.54) is 0 Å². The van der Waals surface area contributed by atoms with E-state index in [1.807, 2.05) is 45.9 Å². The molecule has 0 aliphatic carbocycles. The van der Waals surface area contributed by atoms with E-state index in [4.69, 9.17) is 0 Å². The van der Waals surface area contributed by atoms with Gasteiger partial charge in [-0.15, -0.1) is 0 Å². The van der Waals surface area contributed by atoms with Crippen LogP contribution in [0.5, 0.6) is 0 Å². The molecule has 0 aliphatic heterocycles. The summed E-state index contributed by atoms with van der Waals surface area (Å²) in [5.74, 6) is 0.138. The van der Waals surface area contributed by atoms with E-state index in [9.17, 15) is 4.79 Å². The SMILES string of the molecule is CC=CC(=O)C(C)C=C(C)C=CC. The first-order valence-corrected chi connectivity index (χ1v) is 4.59. The number of hydrogen-bond donors (Lipinski definition) is 0. The molecule has 13 heavy (non-hydrogen) atoms. The van der Waals surface area contributed by atoms with Gasteiger partial charge in [0.25, 0.3) is 0 Å². The lowest BCUT2D eigenvalue weighted by Gasteiger charge is -2.01. The zero-order valence-corrected chi connectivity index (χ0v) is 8.87. The van der Waals surface area contributed by atoms with Gasteiger partial charge in [0, 0.05) is 5.92 Å². The number of carbonyl (C=O) groups excluding carboxylic acids is 1. The minimum atomic E-state index is -0.0209. The summed E-state index contributed by atoms with van der Waals surface area (Å²) in [7, 11) is 0. The third kappa shape index (κ3) is 5.18. The van der Waals surface area contributed by atoms with Crippen molar-refractivity contribution < 1.29 is 4.79 Å². The summed E-state index contributed by atoms with van der Waals surface area (Å²) in [6.07, 6.45) is 9.34. The van der Waals surface area contributed by atoms with Crippen molar-refractivity contribution >= 4 is 5.78 Å². The van der Waals surface area contributed by atoms with Crippen LogP contribution in [0.4, 0.5) is 0 Å². The van der Waals surface area contributed by atoms with Gasteiger partial charge in [-0.1, -0.05) is 36.8 Å². The fraction of sp³-hybridized carbons (Fsp3) is 0.417. The Labute approximate surface area is 80.8 Å². The summed E-state index contributed by atoms with van der Waals surface area (Å²) >= 11 is 0. The standard InChI is InChI=1S/C12H18O/c1-5-7-10(3)9-11(4)12(13)8-6-2/h5-9,11H,1-4H3. The molecule has 0 heterocycles. The zero-order valence-electron chi connectivity index (χ0n) is 8.87. The van der Waals surface area contributed by atoms with E-state index in [-0.39, 0.29) is 11.7 Å². The minimum absolute atomic E-state index is 0.0209. The smallest absolute Gasteiger partial charge is 0.161 e. The molecule has 0 aromatic carbocycles. The second-order valence-corrected chi connectivity index (χ2v) is 3.10. The summed E-state index contributed by atoms with van der Waals surface area (Å²) in [5, 5.41) is 0. The average Bonchev–Trinajstić information content (AvgIpc) is 2.05. The monoisotopic (exact) mass is 178 g/mol. The molecular formula is C12H18O. The van der Waals surface area contributed by atoms with E-state index >= 15 is 0 Å². The molecule has 1 atom stereocenters. The van der Waals surface area contributed by atoms with Crippen LogP contribution < -0.4 is 0 Å². The molecule has 1 nitrogen and oxygen atoms in total. The van der Waals surface area contributed by atoms with Crippen molar-refractivity contribution in [2.75, 3.05) is 0 Å². The minimum Gasteiger partial charge on any atom is -0.294 e. The van der Waals surface area contributed by atoms with Crippen LogP contribution in [0.25, 0.3) is 0 Å². The van der Waals surface area contributed by atoms with E-state index in [0.29, 0.717) is 0 Å². The second-order valence-electron chi connectivity index (χ2n) is 3.10. The highest BCUT2D eigenvalue weighted by Gasteiger charge is 2.04. The van der Waals surface area contributed by atoms with Gasteiger partial charge in [0.15, 0.2) is 5.78 Å². The maximum atomic E-state index is 11.3. The lowest BCUT2D eigenvalue weighted by Crippen LogP contribution is -2.04. The quantitative estimate of drug-likeness (QED) is 0.477. The zero-order chi connectivity index (χ0) is 10.3. The average molecular weight is 178 g/mol. The second kappa shape index (κ2) is 6.41. The Kier molecular flexibility index (Phi) is 5.86. The topological polar surface area (TPSA) is 17.1 Å². The molecule has 0 N–H and O–H groups in total. The van der Waals surface area contributed by atoms with Gasteiger partial charge in [0.2, 0.25) is 0 Å².